The maximum absolute atomic E-state index is 2.72. The predicted octanol–water partition coefficient (Wildman–Crippen LogP) is 4.25. The lowest BCUT2D eigenvalue weighted by molar-refractivity contribution is 0.170. The summed E-state index contributed by atoms with van der Waals surface area (Å²) in [5.41, 5.74) is 4.54. The van der Waals surface area contributed by atoms with Crippen molar-refractivity contribution in [2.24, 2.45) is 0 Å². The molecule has 1 aromatic carbocycles. The van der Waals surface area contributed by atoms with Gasteiger partial charge in [-0.05, 0) is 50.8 Å². The first-order valence-corrected chi connectivity index (χ1v) is 8.63. The van der Waals surface area contributed by atoms with E-state index in [4.69, 9.17) is 0 Å². The summed E-state index contributed by atoms with van der Waals surface area (Å²) in [6.45, 7) is 9.16. The fourth-order valence-electron chi connectivity index (χ4n) is 3.84. The number of hydrogen-bond acceptors (Lipinski definition) is 2. The minimum Gasteiger partial charge on any atom is -0.369 e. The SMILES string of the molecule is C/C=C\C1=C(C)CC(N2CCN(c3ccccc3)CC2)CC1. The topological polar surface area (TPSA) is 6.48 Å². The molecule has 2 heteroatoms. The van der Waals surface area contributed by atoms with Crippen LogP contribution in [0.25, 0.3) is 0 Å². The number of nitrogens with zero attached hydrogens (tertiary/aromatic N) is 2. The molecule has 118 valence electrons. The van der Waals surface area contributed by atoms with Crippen molar-refractivity contribution in [1.29, 1.82) is 0 Å². The number of anilines is 1. The first-order chi connectivity index (χ1) is 10.8. The molecule has 0 N–H and O–H groups in total. The quantitative estimate of drug-likeness (QED) is 0.822. The predicted molar refractivity (Wildman–Crippen MR) is 95.4 cm³/mol. The van der Waals surface area contributed by atoms with E-state index in [1.165, 1.54) is 38.0 Å². The smallest absolute Gasteiger partial charge is 0.0367 e. The van der Waals surface area contributed by atoms with Gasteiger partial charge in [-0.1, -0.05) is 35.9 Å². The number of piperazine rings is 1. The normalized spacial score (nSPS) is 24.3. The third kappa shape index (κ3) is 3.44. The molecule has 0 aromatic heterocycles. The van der Waals surface area contributed by atoms with Crippen LogP contribution in [0.5, 0.6) is 0 Å². The molecule has 0 radical (unpaired) electrons. The van der Waals surface area contributed by atoms with E-state index in [9.17, 15) is 0 Å². The number of allylic oxidation sites excluding steroid dienone is 3. The van der Waals surface area contributed by atoms with Crippen LogP contribution in [0, 0.1) is 0 Å². The van der Waals surface area contributed by atoms with Gasteiger partial charge in [0.25, 0.3) is 0 Å². The van der Waals surface area contributed by atoms with E-state index in [2.05, 4.69) is 66.1 Å². The molecule has 1 aromatic rings. The standard InChI is InChI=1S/C20H28N2/c1-3-7-18-10-11-20(16-17(18)2)22-14-12-21(13-15-22)19-8-5-4-6-9-19/h3-9,20H,10-16H2,1-2H3/b7-3-. The van der Waals surface area contributed by atoms with Crippen LogP contribution in [0.4, 0.5) is 5.69 Å². The van der Waals surface area contributed by atoms with Crippen molar-refractivity contribution < 1.29 is 0 Å². The summed E-state index contributed by atoms with van der Waals surface area (Å²) in [4.78, 5) is 5.24. The van der Waals surface area contributed by atoms with Crippen LogP contribution < -0.4 is 4.90 Å². The van der Waals surface area contributed by atoms with Crippen molar-refractivity contribution in [3.05, 3.63) is 53.6 Å². The van der Waals surface area contributed by atoms with E-state index in [0.29, 0.717) is 0 Å². The van der Waals surface area contributed by atoms with Gasteiger partial charge in [-0.25, -0.2) is 0 Å². The highest BCUT2D eigenvalue weighted by Gasteiger charge is 2.26. The van der Waals surface area contributed by atoms with E-state index in [1.54, 1.807) is 11.1 Å². The van der Waals surface area contributed by atoms with Crippen molar-refractivity contribution in [1.82, 2.24) is 4.90 Å². The first kappa shape index (κ1) is 15.4. The summed E-state index contributed by atoms with van der Waals surface area (Å²) >= 11 is 0. The summed E-state index contributed by atoms with van der Waals surface area (Å²) in [5.74, 6) is 0. The highest BCUT2D eigenvalue weighted by atomic mass is 15.3. The fourth-order valence-corrected chi connectivity index (χ4v) is 3.84. The van der Waals surface area contributed by atoms with Crippen LogP contribution in [0.3, 0.4) is 0 Å². The second-order valence-corrected chi connectivity index (χ2v) is 6.56. The van der Waals surface area contributed by atoms with Gasteiger partial charge in [0.1, 0.15) is 0 Å². The van der Waals surface area contributed by atoms with Crippen molar-refractivity contribution >= 4 is 5.69 Å². The van der Waals surface area contributed by atoms with E-state index >= 15 is 0 Å². The van der Waals surface area contributed by atoms with Crippen molar-refractivity contribution in [3.63, 3.8) is 0 Å². The lowest BCUT2D eigenvalue weighted by atomic mass is 9.87. The fraction of sp³-hybridized carbons (Fsp3) is 0.500. The van der Waals surface area contributed by atoms with Gasteiger partial charge >= 0.3 is 0 Å². The summed E-state index contributed by atoms with van der Waals surface area (Å²) in [7, 11) is 0. The lowest BCUT2D eigenvalue weighted by Crippen LogP contribution is -2.51. The van der Waals surface area contributed by atoms with Crippen LogP contribution in [-0.4, -0.2) is 37.1 Å². The van der Waals surface area contributed by atoms with Crippen molar-refractivity contribution in [3.8, 4) is 0 Å². The van der Waals surface area contributed by atoms with Gasteiger partial charge in [-0.2, -0.15) is 0 Å². The average molecular weight is 296 g/mol. The summed E-state index contributed by atoms with van der Waals surface area (Å²) < 4.78 is 0. The van der Waals surface area contributed by atoms with E-state index in [0.717, 1.165) is 19.1 Å². The Morgan fingerprint density at radius 2 is 1.77 bits per heavy atom. The second-order valence-electron chi connectivity index (χ2n) is 6.56. The molecule has 2 nitrogen and oxygen atoms in total. The molecule has 1 fully saturated rings. The minimum atomic E-state index is 0.756. The third-order valence-electron chi connectivity index (χ3n) is 5.16. The highest BCUT2D eigenvalue weighted by Crippen LogP contribution is 2.29. The van der Waals surface area contributed by atoms with Crippen molar-refractivity contribution in [2.45, 2.75) is 39.2 Å². The van der Waals surface area contributed by atoms with Gasteiger partial charge < -0.3 is 4.90 Å². The Morgan fingerprint density at radius 3 is 2.41 bits per heavy atom. The van der Waals surface area contributed by atoms with Crippen LogP contribution in [0.1, 0.15) is 33.1 Å². The zero-order valence-electron chi connectivity index (χ0n) is 14.0. The first-order valence-electron chi connectivity index (χ1n) is 8.63. The molecule has 1 heterocycles. The molecule has 0 saturated carbocycles. The largest absolute Gasteiger partial charge is 0.369 e. The maximum Gasteiger partial charge on any atom is 0.0367 e. The van der Waals surface area contributed by atoms with E-state index in [-0.39, 0.29) is 0 Å². The lowest BCUT2D eigenvalue weighted by Gasteiger charge is -2.42. The van der Waals surface area contributed by atoms with Crippen LogP contribution >= 0.6 is 0 Å². The Labute approximate surface area is 135 Å². The van der Waals surface area contributed by atoms with E-state index in [1.807, 2.05) is 0 Å². The molecule has 0 spiro atoms. The van der Waals surface area contributed by atoms with Gasteiger partial charge in [0.2, 0.25) is 0 Å². The van der Waals surface area contributed by atoms with Gasteiger partial charge in [-0.15, -0.1) is 0 Å². The van der Waals surface area contributed by atoms with Gasteiger partial charge in [-0.3, -0.25) is 4.90 Å². The third-order valence-corrected chi connectivity index (χ3v) is 5.16. The summed E-state index contributed by atoms with van der Waals surface area (Å²) in [5, 5.41) is 0. The molecular formula is C20H28N2. The molecule has 0 bridgehead atoms. The van der Waals surface area contributed by atoms with E-state index < -0.39 is 0 Å². The second kappa shape index (κ2) is 7.15. The monoisotopic (exact) mass is 296 g/mol. The summed E-state index contributed by atoms with van der Waals surface area (Å²) in [6.07, 6.45) is 8.31. The molecule has 1 aliphatic carbocycles. The van der Waals surface area contributed by atoms with Crippen LogP contribution in [0.15, 0.2) is 53.6 Å². The molecule has 1 aliphatic heterocycles. The zero-order valence-corrected chi connectivity index (χ0v) is 14.0. The van der Waals surface area contributed by atoms with Gasteiger partial charge in [0.15, 0.2) is 0 Å². The summed E-state index contributed by atoms with van der Waals surface area (Å²) in [6, 6.07) is 11.6. The Morgan fingerprint density at radius 1 is 1.05 bits per heavy atom. The highest BCUT2D eigenvalue weighted by molar-refractivity contribution is 5.46. The molecular weight excluding hydrogens is 268 g/mol. The maximum atomic E-state index is 2.72. The molecule has 3 rings (SSSR count). The van der Waals surface area contributed by atoms with Gasteiger partial charge in [0, 0.05) is 37.9 Å². The van der Waals surface area contributed by atoms with Gasteiger partial charge in [0.05, 0.1) is 0 Å². The molecule has 2 aliphatic rings. The number of para-hydroxylation sites is 1. The number of hydrogen-bond donors (Lipinski definition) is 0. The van der Waals surface area contributed by atoms with Crippen LogP contribution in [0.2, 0.25) is 0 Å². The van der Waals surface area contributed by atoms with Crippen LogP contribution in [-0.2, 0) is 0 Å². The Bertz CT molecular complexity index is 536. The Hall–Kier alpha value is -1.54. The molecule has 22 heavy (non-hydrogen) atoms. The minimum absolute atomic E-state index is 0.756. The Kier molecular flexibility index (Phi) is 4.99. The molecule has 0 amide bonds. The Balaban J connectivity index is 1.56. The number of benzene rings is 1. The zero-order chi connectivity index (χ0) is 15.4. The number of rotatable bonds is 3. The molecule has 1 atom stereocenters. The molecule has 1 unspecified atom stereocenters. The molecule has 1 saturated heterocycles. The van der Waals surface area contributed by atoms with Crippen molar-refractivity contribution in [2.75, 3.05) is 31.1 Å². The average Bonchev–Trinajstić information content (AvgIpc) is 2.58.